The largest absolute Gasteiger partial charge is 0.346 e. The van der Waals surface area contributed by atoms with Crippen molar-refractivity contribution >= 4 is 52.3 Å². The number of aryl methyl sites for hydroxylation is 1. The number of amides is 3. The Hall–Kier alpha value is -3.46. The molecule has 3 heterocycles. The summed E-state index contributed by atoms with van der Waals surface area (Å²) in [6.07, 6.45) is 2.04. The molecule has 0 fully saturated rings. The van der Waals surface area contributed by atoms with Crippen LogP contribution in [-0.4, -0.2) is 45.0 Å². The lowest BCUT2D eigenvalue weighted by atomic mass is 10.0. The Labute approximate surface area is 221 Å². The third-order valence-corrected chi connectivity index (χ3v) is 7.69. The first-order chi connectivity index (χ1) is 17.3. The number of carbonyl (C=O) groups excluding carboxylic acids is 3. The standard InChI is InChI=1S/C26H20Cl2N4O3S/c1-31-22(8-9-29-31)16-12-23(36-14-16)24(33)30-17(10-15-6-7-20(27)21(28)11-15)13-32-25(34)18-4-2-3-5-19(18)26(32)35/h2-9,11-12,14,17H,10,13H2,1H3,(H,30,33)/t17-/m0/s1. The molecule has 0 unspecified atom stereocenters. The molecule has 1 atom stereocenters. The van der Waals surface area contributed by atoms with Gasteiger partial charge in [0.05, 0.1) is 37.8 Å². The highest BCUT2D eigenvalue weighted by molar-refractivity contribution is 7.12. The van der Waals surface area contributed by atoms with Crippen LogP contribution in [0.15, 0.2) is 66.2 Å². The first kappa shape index (κ1) is 24.2. The number of aromatic nitrogens is 2. The Bertz CT molecular complexity index is 1460. The van der Waals surface area contributed by atoms with Crippen LogP contribution in [0.1, 0.15) is 36.0 Å². The van der Waals surface area contributed by atoms with E-state index in [4.69, 9.17) is 23.2 Å². The Morgan fingerprint density at radius 3 is 2.39 bits per heavy atom. The Kier molecular flexibility index (Phi) is 6.66. The van der Waals surface area contributed by atoms with Crippen molar-refractivity contribution in [1.82, 2.24) is 20.0 Å². The van der Waals surface area contributed by atoms with Gasteiger partial charge in [0.1, 0.15) is 0 Å². The van der Waals surface area contributed by atoms with E-state index in [1.807, 2.05) is 18.5 Å². The van der Waals surface area contributed by atoms with E-state index < -0.39 is 6.04 Å². The molecule has 36 heavy (non-hydrogen) atoms. The van der Waals surface area contributed by atoms with Gasteiger partial charge in [-0.2, -0.15) is 5.10 Å². The molecule has 0 radical (unpaired) electrons. The molecule has 0 aliphatic carbocycles. The van der Waals surface area contributed by atoms with Crippen LogP contribution in [0, 0.1) is 0 Å². The van der Waals surface area contributed by atoms with Crippen molar-refractivity contribution in [3.8, 4) is 11.3 Å². The molecule has 3 amide bonds. The van der Waals surface area contributed by atoms with Crippen LogP contribution in [0.2, 0.25) is 10.0 Å². The van der Waals surface area contributed by atoms with Crippen molar-refractivity contribution in [1.29, 1.82) is 0 Å². The number of halogens is 2. The minimum atomic E-state index is -0.556. The highest BCUT2D eigenvalue weighted by Crippen LogP contribution is 2.27. The molecule has 0 saturated carbocycles. The van der Waals surface area contributed by atoms with Crippen molar-refractivity contribution in [2.45, 2.75) is 12.5 Å². The van der Waals surface area contributed by atoms with E-state index in [2.05, 4.69) is 10.4 Å². The average molecular weight is 539 g/mol. The smallest absolute Gasteiger partial charge is 0.261 e. The highest BCUT2D eigenvalue weighted by atomic mass is 35.5. The molecule has 2 aromatic carbocycles. The van der Waals surface area contributed by atoms with Crippen molar-refractivity contribution in [2.24, 2.45) is 7.05 Å². The second-order valence-electron chi connectivity index (χ2n) is 8.43. The predicted molar refractivity (Wildman–Crippen MR) is 140 cm³/mol. The molecular formula is C26H20Cl2N4O3S. The lowest BCUT2D eigenvalue weighted by Gasteiger charge is -2.24. The van der Waals surface area contributed by atoms with Crippen LogP contribution in [0.25, 0.3) is 11.3 Å². The third kappa shape index (κ3) is 4.67. The van der Waals surface area contributed by atoms with Crippen LogP contribution in [-0.2, 0) is 13.5 Å². The molecule has 0 spiro atoms. The number of fused-ring (bicyclic) bond motifs is 1. The maximum absolute atomic E-state index is 13.2. The van der Waals surface area contributed by atoms with E-state index in [0.29, 0.717) is 32.5 Å². The highest BCUT2D eigenvalue weighted by Gasteiger charge is 2.36. The van der Waals surface area contributed by atoms with E-state index in [1.54, 1.807) is 59.4 Å². The van der Waals surface area contributed by atoms with Crippen molar-refractivity contribution in [3.63, 3.8) is 0 Å². The molecule has 182 valence electrons. The van der Waals surface area contributed by atoms with E-state index in [-0.39, 0.29) is 24.3 Å². The molecule has 0 saturated heterocycles. The lowest BCUT2D eigenvalue weighted by Crippen LogP contribution is -2.46. The van der Waals surface area contributed by atoms with Gasteiger partial charge in [0.25, 0.3) is 17.7 Å². The first-order valence-electron chi connectivity index (χ1n) is 11.1. The number of nitrogens with one attached hydrogen (secondary N) is 1. The molecule has 1 aliphatic rings. The van der Waals surface area contributed by atoms with Gasteiger partial charge in [0, 0.05) is 30.7 Å². The number of hydrogen-bond donors (Lipinski definition) is 1. The van der Waals surface area contributed by atoms with Gasteiger partial charge in [-0.15, -0.1) is 11.3 Å². The van der Waals surface area contributed by atoms with Gasteiger partial charge < -0.3 is 5.32 Å². The lowest BCUT2D eigenvalue weighted by molar-refractivity contribution is 0.0629. The van der Waals surface area contributed by atoms with E-state index in [0.717, 1.165) is 16.8 Å². The summed E-state index contributed by atoms with van der Waals surface area (Å²) in [6.45, 7) is 0.0122. The summed E-state index contributed by atoms with van der Waals surface area (Å²) >= 11 is 13.6. The van der Waals surface area contributed by atoms with Gasteiger partial charge in [-0.25, -0.2) is 0 Å². The molecule has 2 aromatic heterocycles. The predicted octanol–water partition coefficient (Wildman–Crippen LogP) is 5.09. The first-order valence-corrected chi connectivity index (χ1v) is 12.7. The van der Waals surface area contributed by atoms with Gasteiger partial charge in [-0.05, 0) is 48.4 Å². The van der Waals surface area contributed by atoms with Crippen molar-refractivity contribution in [3.05, 3.63) is 97.8 Å². The number of rotatable bonds is 7. The number of thiophene rings is 1. The number of nitrogens with zero attached hydrogens (tertiary/aromatic N) is 3. The molecular weight excluding hydrogens is 519 g/mol. The van der Waals surface area contributed by atoms with E-state index >= 15 is 0 Å². The van der Waals surface area contributed by atoms with Crippen LogP contribution in [0.3, 0.4) is 0 Å². The Morgan fingerprint density at radius 1 is 1.03 bits per heavy atom. The van der Waals surface area contributed by atoms with Crippen LogP contribution in [0.5, 0.6) is 0 Å². The van der Waals surface area contributed by atoms with Gasteiger partial charge in [-0.3, -0.25) is 24.0 Å². The Morgan fingerprint density at radius 2 is 1.75 bits per heavy atom. The third-order valence-electron chi connectivity index (χ3n) is 6.02. The van der Waals surface area contributed by atoms with Gasteiger partial charge in [0.2, 0.25) is 0 Å². The minimum Gasteiger partial charge on any atom is -0.346 e. The zero-order valence-corrected chi connectivity index (χ0v) is 21.4. The molecule has 1 N–H and O–H groups in total. The van der Waals surface area contributed by atoms with E-state index in [9.17, 15) is 14.4 Å². The topological polar surface area (TPSA) is 84.3 Å². The van der Waals surface area contributed by atoms with Crippen LogP contribution in [0.4, 0.5) is 0 Å². The molecule has 4 aromatic rings. The normalized spacial score (nSPS) is 13.7. The second kappa shape index (κ2) is 9.89. The Balaban J connectivity index is 1.39. The van der Waals surface area contributed by atoms with Crippen molar-refractivity contribution in [2.75, 3.05) is 6.54 Å². The maximum atomic E-state index is 13.2. The SMILES string of the molecule is Cn1nccc1-c1csc(C(=O)N[C@@H](Cc2ccc(Cl)c(Cl)c2)CN2C(=O)c3ccccc3C2=O)c1. The molecule has 5 rings (SSSR count). The summed E-state index contributed by atoms with van der Waals surface area (Å²) < 4.78 is 1.74. The zero-order chi connectivity index (χ0) is 25.4. The minimum absolute atomic E-state index is 0.0122. The number of hydrogen-bond acceptors (Lipinski definition) is 5. The van der Waals surface area contributed by atoms with Gasteiger partial charge in [-0.1, -0.05) is 41.4 Å². The summed E-state index contributed by atoms with van der Waals surface area (Å²) in [5, 5.41) is 9.89. The summed E-state index contributed by atoms with van der Waals surface area (Å²) in [7, 11) is 1.84. The maximum Gasteiger partial charge on any atom is 0.261 e. The van der Waals surface area contributed by atoms with Gasteiger partial charge in [0.15, 0.2) is 0 Å². The van der Waals surface area contributed by atoms with E-state index in [1.165, 1.54) is 16.2 Å². The fourth-order valence-corrected chi connectivity index (χ4v) is 5.37. The summed E-state index contributed by atoms with van der Waals surface area (Å²) in [4.78, 5) is 40.8. The quantitative estimate of drug-likeness (QED) is 0.332. The summed E-state index contributed by atoms with van der Waals surface area (Å²) in [5.74, 6) is -1.05. The van der Waals surface area contributed by atoms with Crippen molar-refractivity contribution < 1.29 is 14.4 Å². The molecule has 1 aliphatic heterocycles. The van der Waals surface area contributed by atoms with Crippen LogP contribution < -0.4 is 5.32 Å². The van der Waals surface area contributed by atoms with Crippen LogP contribution >= 0.6 is 34.5 Å². The number of imide groups is 1. The molecule has 10 heteroatoms. The van der Waals surface area contributed by atoms with Gasteiger partial charge >= 0.3 is 0 Å². The molecule has 7 nitrogen and oxygen atoms in total. The monoisotopic (exact) mass is 538 g/mol. The number of benzene rings is 2. The fourth-order valence-electron chi connectivity index (χ4n) is 4.24. The summed E-state index contributed by atoms with van der Waals surface area (Å²) in [6, 6.07) is 15.0. The average Bonchev–Trinajstić information content (AvgIpc) is 3.57. The summed E-state index contributed by atoms with van der Waals surface area (Å²) in [5.41, 5.74) is 3.31. The molecule has 0 bridgehead atoms. The zero-order valence-electron chi connectivity index (χ0n) is 19.1. The second-order valence-corrected chi connectivity index (χ2v) is 10.2. The fraction of sp³-hybridized carbons (Fsp3) is 0.154. The number of carbonyl (C=O) groups is 3.